The Bertz CT molecular complexity index is 1530. The first-order valence-electron chi connectivity index (χ1n) is 12.1. The van der Waals surface area contributed by atoms with Crippen LogP contribution in [0.25, 0.3) is 10.8 Å². The normalized spacial score (nSPS) is 11.3. The van der Waals surface area contributed by atoms with Gasteiger partial charge in [0.15, 0.2) is 0 Å². The zero-order valence-electron chi connectivity index (χ0n) is 20.4. The third kappa shape index (κ3) is 5.86. The molecule has 0 aliphatic carbocycles. The number of benzene rings is 5. The molecule has 0 bridgehead atoms. The second kappa shape index (κ2) is 10.8. The van der Waals surface area contributed by atoms with Crippen LogP contribution in [-0.4, -0.2) is 5.91 Å². The van der Waals surface area contributed by atoms with E-state index in [2.05, 4.69) is 0 Å². The van der Waals surface area contributed by atoms with Gasteiger partial charge in [-0.1, -0.05) is 72.8 Å². The van der Waals surface area contributed by atoms with Crippen LogP contribution in [0.1, 0.15) is 27.0 Å². The fourth-order valence-corrected chi connectivity index (χ4v) is 4.20. The highest BCUT2D eigenvalue weighted by molar-refractivity contribution is 6.08. The molecule has 0 fully saturated rings. The van der Waals surface area contributed by atoms with Crippen LogP contribution in [0.5, 0.6) is 5.75 Å². The molecule has 0 atom stereocenters. The van der Waals surface area contributed by atoms with Crippen molar-refractivity contribution in [2.24, 2.45) is 0 Å². The molecule has 0 aromatic heterocycles. The standard InChI is InChI=1S/C32H24F3NO2/c33-32(34,35)28-14-16-29(17-15-28)36(31(37)27-13-12-25-8-4-5-9-26(25)20-27)21-23-10-18-30(19-11-23)38-22-24-6-2-1-3-7-24/h1-20H,21-22H2. The summed E-state index contributed by atoms with van der Waals surface area (Å²) in [5.41, 5.74) is 1.92. The Labute approximate surface area is 218 Å². The van der Waals surface area contributed by atoms with Gasteiger partial charge in [0.05, 0.1) is 12.1 Å². The van der Waals surface area contributed by atoms with Gasteiger partial charge in [0.25, 0.3) is 5.91 Å². The van der Waals surface area contributed by atoms with Gasteiger partial charge >= 0.3 is 6.18 Å². The highest BCUT2D eigenvalue weighted by atomic mass is 19.4. The third-order valence-electron chi connectivity index (χ3n) is 6.26. The zero-order valence-corrected chi connectivity index (χ0v) is 20.4. The van der Waals surface area contributed by atoms with E-state index in [9.17, 15) is 18.0 Å². The molecule has 1 amide bonds. The number of halogens is 3. The second-order valence-electron chi connectivity index (χ2n) is 8.92. The van der Waals surface area contributed by atoms with E-state index in [1.54, 1.807) is 12.1 Å². The zero-order chi connectivity index (χ0) is 26.5. The number of carbonyl (C=O) groups excluding carboxylic acids is 1. The van der Waals surface area contributed by atoms with Crippen LogP contribution >= 0.6 is 0 Å². The largest absolute Gasteiger partial charge is 0.489 e. The molecule has 5 aromatic carbocycles. The summed E-state index contributed by atoms with van der Waals surface area (Å²) in [7, 11) is 0. The first kappa shape index (κ1) is 25.1. The van der Waals surface area contributed by atoms with Gasteiger partial charge in [0.2, 0.25) is 0 Å². The molecule has 0 heterocycles. The Morgan fingerprint density at radius 2 is 1.34 bits per heavy atom. The van der Waals surface area contributed by atoms with Gasteiger partial charge in [0.1, 0.15) is 12.4 Å². The highest BCUT2D eigenvalue weighted by Gasteiger charge is 2.30. The van der Waals surface area contributed by atoms with Gasteiger partial charge in [-0.2, -0.15) is 13.2 Å². The molecule has 38 heavy (non-hydrogen) atoms. The molecule has 0 spiro atoms. The predicted molar refractivity (Wildman–Crippen MR) is 143 cm³/mol. The third-order valence-corrected chi connectivity index (χ3v) is 6.26. The van der Waals surface area contributed by atoms with Crippen LogP contribution in [0.15, 0.2) is 121 Å². The average molecular weight is 512 g/mol. The van der Waals surface area contributed by atoms with Gasteiger partial charge in [-0.05, 0) is 70.4 Å². The van der Waals surface area contributed by atoms with Crippen molar-refractivity contribution in [2.75, 3.05) is 4.90 Å². The van der Waals surface area contributed by atoms with E-state index in [1.165, 1.54) is 17.0 Å². The molecule has 0 aliphatic heterocycles. The maximum atomic E-state index is 13.7. The Kier molecular flexibility index (Phi) is 7.13. The smallest absolute Gasteiger partial charge is 0.416 e. The van der Waals surface area contributed by atoms with Crippen LogP contribution < -0.4 is 9.64 Å². The molecule has 0 radical (unpaired) electrons. The van der Waals surface area contributed by atoms with E-state index in [0.29, 0.717) is 23.6 Å². The summed E-state index contributed by atoms with van der Waals surface area (Å²) in [5.74, 6) is 0.374. The molecule has 3 nitrogen and oxygen atoms in total. The van der Waals surface area contributed by atoms with Crippen molar-refractivity contribution in [1.29, 1.82) is 0 Å². The minimum Gasteiger partial charge on any atom is -0.489 e. The molecule has 0 saturated heterocycles. The average Bonchev–Trinajstić information content (AvgIpc) is 2.95. The molecular weight excluding hydrogens is 487 g/mol. The summed E-state index contributed by atoms with van der Waals surface area (Å²) in [6.07, 6.45) is -4.46. The van der Waals surface area contributed by atoms with E-state index < -0.39 is 11.7 Å². The molecule has 0 unspecified atom stereocenters. The predicted octanol–water partition coefficient (Wildman–Crippen LogP) is 8.28. The maximum Gasteiger partial charge on any atom is 0.416 e. The van der Waals surface area contributed by atoms with Gasteiger partial charge in [-0.3, -0.25) is 4.79 Å². The molecule has 190 valence electrons. The van der Waals surface area contributed by atoms with E-state index in [1.807, 2.05) is 84.9 Å². The number of hydrogen-bond donors (Lipinski definition) is 0. The molecule has 6 heteroatoms. The van der Waals surface area contributed by atoms with Crippen LogP contribution in [0.4, 0.5) is 18.9 Å². The number of nitrogens with zero attached hydrogens (tertiary/aromatic N) is 1. The summed E-state index contributed by atoms with van der Waals surface area (Å²) in [5, 5.41) is 1.90. The van der Waals surface area contributed by atoms with Crippen molar-refractivity contribution < 1.29 is 22.7 Å². The quantitative estimate of drug-likeness (QED) is 0.220. The topological polar surface area (TPSA) is 29.5 Å². The number of carbonyl (C=O) groups is 1. The summed E-state index contributed by atoms with van der Waals surface area (Å²) in [4.78, 5) is 15.2. The first-order valence-corrected chi connectivity index (χ1v) is 12.1. The first-order chi connectivity index (χ1) is 18.4. The Hall–Kier alpha value is -4.58. The lowest BCUT2D eigenvalue weighted by molar-refractivity contribution is -0.137. The van der Waals surface area contributed by atoms with Crippen molar-refractivity contribution in [3.05, 3.63) is 144 Å². The number of anilines is 1. The lowest BCUT2D eigenvalue weighted by Crippen LogP contribution is -2.30. The number of fused-ring (bicyclic) bond motifs is 1. The lowest BCUT2D eigenvalue weighted by atomic mass is 10.1. The van der Waals surface area contributed by atoms with E-state index in [-0.39, 0.29) is 12.5 Å². The Morgan fingerprint density at radius 1 is 0.684 bits per heavy atom. The number of hydrogen-bond acceptors (Lipinski definition) is 2. The van der Waals surface area contributed by atoms with Gasteiger partial charge in [0, 0.05) is 11.3 Å². The van der Waals surface area contributed by atoms with Crippen molar-refractivity contribution in [2.45, 2.75) is 19.3 Å². The van der Waals surface area contributed by atoms with Crippen molar-refractivity contribution in [1.82, 2.24) is 0 Å². The minimum absolute atomic E-state index is 0.177. The molecule has 5 aromatic rings. The number of ether oxygens (including phenoxy) is 1. The van der Waals surface area contributed by atoms with Gasteiger partial charge < -0.3 is 9.64 Å². The number of alkyl halides is 3. The summed E-state index contributed by atoms with van der Waals surface area (Å²) >= 11 is 0. The molecule has 0 N–H and O–H groups in total. The van der Waals surface area contributed by atoms with Gasteiger partial charge in [-0.15, -0.1) is 0 Å². The summed E-state index contributed by atoms with van der Waals surface area (Å²) in [6.45, 7) is 0.605. The van der Waals surface area contributed by atoms with Crippen LogP contribution in [0, 0.1) is 0 Å². The SMILES string of the molecule is O=C(c1ccc2ccccc2c1)N(Cc1ccc(OCc2ccccc2)cc1)c1ccc(C(F)(F)F)cc1. The second-order valence-corrected chi connectivity index (χ2v) is 8.92. The molecule has 5 rings (SSSR count). The summed E-state index contributed by atoms with van der Waals surface area (Å²) < 4.78 is 45.3. The Balaban J connectivity index is 1.40. The van der Waals surface area contributed by atoms with E-state index in [4.69, 9.17) is 4.74 Å². The molecule has 0 saturated carbocycles. The van der Waals surface area contributed by atoms with E-state index >= 15 is 0 Å². The Morgan fingerprint density at radius 3 is 2.03 bits per heavy atom. The van der Waals surface area contributed by atoms with E-state index in [0.717, 1.165) is 34.0 Å². The van der Waals surface area contributed by atoms with Crippen LogP contribution in [0.2, 0.25) is 0 Å². The van der Waals surface area contributed by atoms with Crippen LogP contribution in [0.3, 0.4) is 0 Å². The fourth-order valence-electron chi connectivity index (χ4n) is 4.20. The number of amides is 1. The lowest BCUT2D eigenvalue weighted by Gasteiger charge is -2.24. The van der Waals surface area contributed by atoms with Crippen molar-refractivity contribution >= 4 is 22.4 Å². The number of rotatable bonds is 7. The monoisotopic (exact) mass is 511 g/mol. The molecular formula is C32H24F3NO2. The molecule has 0 aliphatic rings. The van der Waals surface area contributed by atoms with Crippen molar-refractivity contribution in [3.8, 4) is 5.75 Å². The van der Waals surface area contributed by atoms with Crippen molar-refractivity contribution in [3.63, 3.8) is 0 Å². The maximum absolute atomic E-state index is 13.7. The minimum atomic E-state index is -4.46. The van der Waals surface area contributed by atoms with Gasteiger partial charge in [-0.25, -0.2) is 0 Å². The van der Waals surface area contributed by atoms with Crippen LogP contribution in [-0.2, 0) is 19.3 Å². The highest BCUT2D eigenvalue weighted by Crippen LogP contribution is 2.31. The fraction of sp³-hybridized carbons (Fsp3) is 0.0938. The summed E-state index contributed by atoms with van der Waals surface area (Å²) in [6, 6.07) is 34.9.